The van der Waals surface area contributed by atoms with Crippen molar-refractivity contribution in [1.82, 2.24) is 9.55 Å². The number of hydrogen-bond donors (Lipinski definition) is 2. The molecule has 4 rings (SSSR count). The van der Waals surface area contributed by atoms with Crippen molar-refractivity contribution in [2.75, 3.05) is 26.6 Å². The number of aliphatic hydroxyl groups excluding tert-OH is 1. The van der Waals surface area contributed by atoms with Crippen molar-refractivity contribution < 1.29 is 19.3 Å². The van der Waals surface area contributed by atoms with Crippen LogP contribution in [0, 0.1) is 0 Å². The maximum Gasteiger partial charge on any atom is 0.259 e. The summed E-state index contributed by atoms with van der Waals surface area (Å²) in [7, 11) is 4.52. The molecule has 1 atom stereocenters. The molecule has 0 radical (unpaired) electrons. The van der Waals surface area contributed by atoms with Gasteiger partial charge in [0.2, 0.25) is 0 Å². The average Bonchev–Trinajstić information content (AvgIpc) is 2.93. The van der Waals surface area contributed by atoms with Crippen LogP contribution >= 0.6 is 23.2 Å². The van der Waals surface area contributed by atoms with E-state index < -0.39 is 6.23 Å². The number of aryl methyl sites for hydroxylation is 1. The van der Waals surface area contributed by atoms with Crippen molar-refractivity contribution in [1.29, 1.82) is 0 Å². The van der Waals surface area contributed by atoms with Crippen LogP contribution in [0.4, 0.5) is 5.69 Å². The van der Waals surface area contributed by atoms with Crippen molar-refractivity contribution in [2.24, 2.45) is 0 Å². The summed E-state index contributed by atoms with van der Waals surface area (Å²) in [5, 5.41) is 14.0. The van der Waals surface area contributed by atoms with Crippen molar-refractivity contribution in [3.8, 4) is 39.6 Å². The normalized spacial score (nSPS) is 11.8. The molecule has 198 valence electrons. The molecule has 0 bridgehead atoms. The summed E-state index contributed by atoms with van der Waals surface area (Å²) in [6.45, 7) is 5.84. The number of fused-ring (bicyclic) bond motifs is 1. The fourth-order valence-electron chi connectivity index (χ4n) is 4.26. The number of pyridine rings is 2. The third-order valence-corrected chi connectivity index (χ3v) is 6.90. The molecule has 0 spiro atoms. The minimum atomic E-state index is -0.918. The number of benzene rings is 2. The Labute approximate surface area is 230 Å². The topological polar surface area (TPSA) is 94.8 Å². The Hall–Kier alpha value is -3.72. The van der Waals surface area contributed by atoms with E-state index >= 15 is 0 Å². The number of hydrogen-bond acceptors (Lipinski definition) is 7. The Kier molecular flexibility index (Phi) is 8.16. The van der Waals surface area contributed by atoms with Crippen LogP contribution in [0.15, 0.2) is 60.0 Å². The van der Waals surface area contributed by atoms with Gasteiger partial charge in [-0.2, -0.15) is 0 Å². The van der Waals surface area contributed by atoms with Crippen LogP contribution in [-0.2, 0) is 6.54 Å². The highest BCUT2D eigenvalue weighted by molar-refractivity contribution is 6.41. The van der Waals surface area contributed by atoms with E-state index in [1.807, 2.05) is 19.1 Å². The van der Waals surface area contributed by atoms with E-state index in [0.717, 1.165) is 0 Å². The summed E-state index contributed by atoms with van der Waals surface area (Å²) in [5.41, 5.74) is 2.91. The molecular weight excluding hydrogens is 529 g/mol. The minimum Gasteiger partial charge on any atom is -0.496 e. The smallest absolute Gasteiger partial charge is 0.259 e. The maximum absolute atomic E-state index is 13.8. The first-order valence-electron chi connectivity index (χ1n) is 11.7. The fraction of sp³-hybridized carbons (Fsp3) is 0.214. The first kappa shape index (κ1) is 27.3. The summed E-state index contributed by atoms with van der Waals surface area (Å²) < 4.78 is 18.0. The lowest BCUT2D eigenvalue weighted by atomic mass is 10.0. The van der Waals surface area contributed by atoms with Crippen LogP contribution in [0.2, 0.25) is 10.0 Å². The number of halogens is 2. The van der Waals surface area contributed by atoms with E-state index in [2.05, 4.69) is 16.9 Å². The molecule has 0 saturated heterocycles. The second-order valence-corrected chi connectivity index (χ2v) is 9.02. The largest absolute Gasteiger partial charge is 0.496 e. The summed E-state index contributed by atoms with van der Waals surface area (Å²) in [6.07, 6.45) is 2.14. The Morgan fingerprint density at radius 1 is 1.03 bits per heavy atom. The molecule has 0 saturated carbocycles. The van der Waals surface area contributed by atoms with E-state index in [-0.39, 0.29) is 15.6 Å². The highest BCUT2D eigenvalue weighted by Crippen LogP contribution is 2.45. The van der Waals surface area contributed by atoms with Crippen LogP contribution in [-0.4, -0.2) is 42.2 Å². The van der Waals surface area contributed by atoms with Crippen LogP contribution in [0.3, 0.4) is 0 Å². The van der Waals surface area contributed by atoms with Gasteiger partial charge in [0.1, 0.15) is 23.5 Å². The van der Waals surface area contributed by atoms with Crippen molar-refractivity contribution in [3.05, 3.63) is 75.6 Å². The summed E-state index contributed by atoms with van der Waals surface area (Å²) >= 11 is 13.2. The van der Waals surface area contributed by atoms with Gasteiger partial charge in [0, 0.05) is 41.0 Å². The SMILES string of the molecule is C=CC(O)Nc1ccc(OC)c(-c2cc3c(cn2)cc(-c2c(Cl)c(OC)cc(OC)c2Cl)c(=O)n3CC)c1. The number of ether oxygens (including phenoxy) is 3. The molecule has 1 unspecified atom stereocenters. The quantitative estimate of drug-likeness (QED) is 0.193. The molecule has 2 N–H and O–H groups in total. The molecule has 8 nitrogen and oxygen atoms in total. The van der Waals surface area contributed by atoms with Crippen LogP contribution in [0.25, 0.3) is 33.3 Å². The molecule has 38 heavy (non-hydrogen) atoms. The molecule has 0 fully saturated rings. The van der Waals surface area contributed by atoms with Gasteiger partial charge in [-0.15, -0.1) is 0 Å². The maximum atomic E-state index is 13.8. The third kappa shape index (κ3) is 4.90. The van der Waals surface area contributed by atoms with Crippen LogP contribution in [0.1, 0.15) is 6.92 Å². The molecule has 4 aromatic rings. The van der Waals surface area contributed by atoms with Crippen LogP contribution < -0.4 is 25.1 Å². The standard InChI is InChI=1S/C28H27Cl2N3O5/c1-6-24(34)32-16-8-9-21(36-3)17(11-16)19-12-20-15(14-31-19)10-18(28(35)33(20)7-2)25-26(29)22(37-4)13-23(38-5)27(25)30/h6,8-14,24,32,34H,1,7H2,2-5H3. The van der Waals surface area contributed by atoms with E-state index in [4.69, 9.17) is 37.4 Å². The predicted molar refractivity (Wildman–Crippen MR) is 152 cm³/mol. The van der Waals surface area contributed by atoms with Gasteiger partial charge in [0.15, 0.2) is 0 Å². The van der Waals surface area contributed by atoms with E-state index in [0.29, 0.717) is 62.8 Å². The van der Waals surface area contributed by atoms with Gasteiger partial charge in [-0.1, -0.05) is 29.8 Å². The van der Waals surface area contributed by atoms with Crippen molar-refractivity contribution in [3.63, 3.8) is 0 Å². The Balaban J connectivity index is 1.95. The number of anilines is 1. The number of rotatable bonds is 9. The number of nitrogens with zero attached hydrogens (tertiary/aromatic N) is 2. The second-order valence-electron chi connectivity index (χ2n) is 8.26. The zero-order valence-electron chi connectivity index (χ0n) is 21.3. The van der Waals surface area contributed by atoms with E-state index in [1.165, 1.54) is 20.3 Å². The van der Waals surface area contributed by atoms with Gasteiger partial charge in [0.25, 0.3) is 5.56 Å². The molecule has 0 aliphatic heterocycles. The lowest BCUT2D eigenvalue weighted by Gasteiger charge is -2.17. The molecular formula is C28H27Cl2N3O5. The van der Waals surface area contributed by atoms with Gasteiger partial charge < -0.3 is 29.2 Å². The first-order valence-corrected chi connectivity index (χ1v) is 12.4. The summed E-state index contributed by atoms with van der Waals surface area (Å²) in [4.78, 5) is 18.4. The monoisotopic (exact) mass is 555 g/mol. The second kappa shape index (κ2) is 11.3. The zero-order chi connectivity index (χ0) is 27.6. The molecule has 10 heteroatoms. The van der Waals surface area contributed by atoms with Gasteiger partial charge in [-0.25, -0.2) is 0 Å². The third-order valence-electron chi connectivity index (χ3n) is 6.15. The molecule has 2 heterocycles. The van der Waals surface area contributed by atoms with Gasteiger partial charge in [-0.05, 0) is 43.3 Å². The van der Waals surface area contributed by atoms with Gasteiger partial charge in [-0.3, -0.25) is 9.78 Å². The highest BCUT2D eigenvalue weighted by Gasteiger charge is 2.23. The van der Waals surface area contributed by atoms with Gasteiger partial charge >= 0.3 is 0 Å². The Morgan fingerprint density at radius 3 is 2.26 bits per heavy atom. The van der Waals surface area contributed by atoms with E-state index in [1.54, 1.807) is 42.1 Å². The predicted octanol–water partition coefficient (Wildman–Crippen LogP) is 6.00. The lowest BCUT2D eigenvalue weighted by Crippen LogP contribution is -2.21. The Morgan fingerprint density at radius 2 is 1.68 bits per heavy atom. The number of aromatic nitrogens is 2. The number of nitrogens with one attached hydrogen (secondary N) is 1. The molecule has 0 aliphatic carbocycles. The summed E-state index contributed by atoms with van der Waals surface area (Å²) in [6, 6.07) is 10.5. The molecule has 2 aromatic carbocycles. The van der Waals surface area contributed by atoms with Crippen LogP contribution in [0.5, 0.6) is 17.2 Å². The number of aliphatic hydroxyl groups is 1. The average molecular weight is 556 g/mol. The minimum absolute atomic E-state index is 0.206. The number of methoxy groups -OCH3 is 3. The first-order chi connectivity index (χ1) is 18.3. The van der Waals surface area contributed by atoms with E-state index in [9.17, 15) is 9.90 Å². The molecule has 0 amide bonds. The highest BCUT2D eigenvalue weighted by atomic mass is 35.5. The molecule has 0 aliphatic rings. The lowest BCUT2D eigenvalue weighted by molar-refractivity contribution is 0.253. The van der Waals surface area contributed by atoms with Crippen molar-refractivity contribution in [2.45, 2.75) is 19.7 Å². The molecule has 2 aromatic heterocycles. The van der Waals surface area contributed by atoms with Gasteiger partial charge in [0.05, 0.1) is 48.1 Å². The Bertz CT molecular complexity index is 1560. The fourth-order valence-corrected chi connectivity index (χ4v) is 4.97. The summed E-state index contributed by atoms with van der Waals surface area (Å²) in [5.74, 6) is 1.25. The zero-order valence-corrected chi connectivity index (χ0v) is 22.9. The van der Waals surface area contributed by atoms with Crippen molar-refractivity contribution >= 4 is 39.8 Å².